The molecule has 1 aliphatic heterocycles. The number of aryl methyl sites for hydroxylation is 3. The van der Waals surface area contributed by atoms with Crippen molar-refractivity contribution in [1.82, 2.24) is 24.1 Å². The van der Waals surface area contributed by atoms with Crippen LogP contribution >= 0.6 is 0 Å². The van der Waals surface area contributed by atoms with Crippen molar-refractivity contribution in [3.63, 3.8) is 0 Å². The Morgan fingerprint density at radius 3 is 2.55 bits per heavy atom. The Morgan fingerprint density at radius 1 is 1.12 bits per heavy atom. The molecule has 3 aromatic rings. The number of anilines is 1. The van der Waals surface area contributed by atoms with Crippen LogP contribution in [0.15, 0.2) is 45.9 Å². The monoisotopic (exact) mass is 472 g/mol. The lowest BCUT2D eigenvalue weighted by Gasteiger charge is -2.33. The van der Waals surface area contributed by atoms with Crippen LogP contribution in [0.4, 0.5) is 5.82 Å². The number of nitrogens with one attached hydrogen (secondary N) is 1. The summed E-state index contributed by atoms with van der Waals surface area (Å²) in [5, 5.41) is 11.0. The van der Waals surface area contributed by atoms with Gasteiger partial charge in [-0.1, -0.05) is 35.0 Å². The zero-order chi connectivity index (χ0) is 23.6. The second kappa shape index (κ2) is 9.46. The topological polar surface area (TPSA) is 114 Å². The van der Waals surface area contributed by atoms with Gasteiger partial charge in [0.25, 0.3) is 0 Å². The second-order valence-corrected chi connectivity index (χ2v) is 10.1. The van der Waals surface area contributed by atoms with Gasteiger partial charge in [-0.2, -0.15) is 9.40 Å². The first-order chi connectivity index (χ1) is 15.7. The normalized spacial score (nSPS) is 15.6. The summed E-state index contributed by atoms with van der Waals surface area (Å²) < 4.78 is 34.1. The van der Waals surface area contributed by atoms with E-state index in [4.69, 9.17) is 4.52 Å². The minimum Gasteiger partial charge on any atom is -0.360 e. The van der Waals surface area contributed by atoms with Gasteiger partial charge in [0.15, 0.2) is 5.76 Å². The van der Waals surface area contributed by atoms with Crippen LogP contribution in [0.3, 0.4) is 0 Å². The van der Waals surface area contributed by atoms with Crippen LogP contribution in [0.1, 0.15) is 22.6 Å². The summed E-state index contributed by atoms with van der Waals surface area (Å²) in [5.74, 6) is 0.751. The van der Waals surface area contributed by atoms with E-state index >= 15 is 0 Å². The van der Waals surface area contributed by atoms with Gasteiger partial charge in [0.1, 0.15) is 16.4 Å². The van der Waals surface area contributed by atoms with Crippen molar-refractivity contribution in [2.24, 2.45) is 0 Å². The Kier molecular flexibility index (Phi) is 6.63. The largest absolute Gasteiger partial charge is 0.360 e. The molecule has 1 aliphatic rings. The number of hydrogen-bond acceptors (Lipinski definition) is 7. The number of rotatable bonds is 7. The van der Waals surface area contributed by atoms with Crippen LogP contribution in [0, 0.1) is 20.8 Å². The molecule has 1 fully saturated rings. The first-order valence-corrected chi connectivity index (χ1v) is 12.2. The fourth-order valence-corrected chi connectivity index (χ4v) is 5.75. The minimum atomic E-state index is -3.67. The van der Waals surface area contributed by atoms with Gasteiger partial charge >= 0.3 is 0 Å². The molecule has 0 saturated carbocycles. The van der Waals surface area contributed by atoms with Gasteiger partial charge in [-0.05, 0) is 26.3 Å². The lowest BCUT2D eigenvalue weighted by atomic mass is 10.1. The van der Waals surface area contributed by atoms with E-state index in [0.717, 1.165) is 5.56 Å². The number of aromatic nitrogens is 3. The van der Waals surface area contributed by atoms with Crippen LogP contribution in [-0.2, 0) is 21.4 Å². The highest BCUT2D eigenvalue weighted by molar-refractivity contribution is 7.89. The summed E-state index contributed by atoms with van der Waals surface area (Å²) in [6.07, 6.45) is 1.66. The highest BCUT2D eigenvalue weighted by Crippen LogP contribution is 2.24. The van der Waals surface area contributed by atoms with Crippen molar-refractivity contribution in [1.29, 1.82) is 0 Å². The number of sulfonamides is 1. The number of hydrogen-bond donors (Lipinski definition) is 1. The highest BCUT2D eigenvalue weighted by Gasteiger charge is 2.33. The minimum absolute atomic E-state index is 0.135. The van der Waals surface area contributed by atoms with Gasteiger partial charge in [-0.3, -0.25) is 9.69 Å². The molecule has 33 heavy (non-hydrogen) atoms. The average molecular weight is 473 g/mol. The number of amides is 1. The predicted molar refractivity (Wildman–Crippen MR) is 122 cm³/mol. The van der Waals surface area contributed by atoms with E-state index in [2.05, 4.69) is 21.6 Å². The van der Waals surface area contributed by atoms with E-state index in [0.29, 0.717) is 44.2 Å². The van der Waals surface area contributed by atoms with Gasteiger partial charge in [0, 0.05) is 32.2 Å². The molecule has 0 spiro atoms. The van der Waals surface area contributed by atoms with Crippen molar-refractivity contribution < 1.29 is 17.7 Å². The quantitative estimate of drug-likeness (QED) is 0.558. The molecule has 0 atom stereocenters. The Balaban J connectivity index is 1.32. The van der Waals surface area contributed by atoms with Crippen molar-refractivity contribution in [3.05, 3.63) is 59.1 Å². The van der Waals surface area contributed by atoms with Gasteiger partial charge in [0.2, 0.25) is 15.9 Å². The Labute approximate surface area is 193 Å². The van der Waals surface area contributed by atoms with Crippen LogP contribution in [-0.4, -0.2) is 71.2 Å². The van der Waals surface area contributed by atoms with Crippen molar-refractivity contribution in [2.45, 2.75) is 32.2 Å². The van der Waals surface area contributed by atoms with Crippen LogP contribution in [0.25, 0.3) is 0 Å². The van der Waals surface area contributed by atoms with Gasteiger partial charge < -0.3 is 9.84 Å². The molecular weight excluding hydrogens is 444 g/mol. The molecule has 1 N–H and O–H groups in total. The van der Waals surface area contributed by atoms with E-state index in [1.54, 1.807) is 30.8 Å². The van der Waals surface area contributed by atoms with E-state index in [-0.39, 0.29) is 23.1 Å². The molecule has 11 heteroatoms. The molecule has 1 saturated heterocycles. The van der Waals surface area contributed by atoms with Crippen LogP contribution < -0.4 is 5.32 Å². The van der Waals surface area contributed by atoms with Gasteiger partial charge in [-0.15, -0.1) is 0 Å². The first-order valence-electron chi connectivity index (χ1n) is 10.8. The lowest BCUT2D eigenvalue weighted by molar-refractivity contribution is -0.117. The maximum Gasteiger partial charge on any atom is 0.248 e. The summed E-state index contributed by atoms with van der Waals surface area (Å²) in [6.45, 7) is 7.49. The molecule has 3 heterocycles. The number of nitrogens with zero attached hydrogens (tertiary/aromatic N) is 5. The molecule has 1 amide bonds. The number of benzene rings is 1. The summed E-state index contributed by atoms with van der Waals surface area (Å²) in [4.78, 5) is 14.7. The smallest absolute Gasteiger partial charge is 0.248 e. The zero-order valence-corrected chi connectivity index (χ0v) is 19.8. The van der Waals surface area contributed by atoms with Gasteiger partial charge in [0.05, 0.1) is 19.3 Å². The Hall–Kier alpha value is -3.02. The third kappa shape index (κ3) is 5.15. The molecule has 176 valence electrons. The van der Waals surface area contributed by atoms with Crippen LogP contribution in [0.5, 0.6) is 0 Å². The number of carbonyl (C=O) groups is 1. The zero-order valence-electron chi connectivity index (χ0n) is 19.0. The fraction of sp³-hybridized carbons (Fsp3) is 0.409. The van der Waals surface area contributed by atoms with Crippen molar-refractivity contribution >= 4 is 21.7 Å². The van der Waals surface area contributed by atoms with Gasteiger partial charge in [-0.25, -0.2) is 13.1 Å². The lowest BCUT2D eigenvalue weighted by Crippen LogP contribution is -2.50. The molecule has 4 rings (SSSR count). The second-order valence-electron chi connectivity index (χ2n) is 8.24. The van der Waals surface area contributed by atoms with E-state index in [1.807, 2.05) is 30.0 Å². The molecule has 0 bridgehead atoms. The summed E-state index contributed by atoms with van der Waals surface area (Å²) in [7, 11) is -3.67. The standard InChI is InChI=1S/C22H28N6O4S/c1-16-5-4-6-19(13-16)14-28-20(7-8-23-28)24-21(29)15-26-9-11-27(12-10-26)33(30,31)22-17(2)25-32-18(22)3/h4-8,13H,9-12,14-15H2,1-3H3,(H,24,29). The molecule has 1 aromatic carbocycles. The average Bonchev–Trinajstić information content (AvgIpc) is 3.34. The molecule has 0 radical (unpaired) electrons. The maximum absolute atomic E-state index is 13.0. The third-order valence-electron chi connectivity index (χ3n) is 5.66. The van der Waals surface area contributed by atoms with Crippen molar-refractivity contribution in [3.8, 4) is 0 Å². The summed E-state index contributed by atoms with van der Waals surface area (Å²) in [5.41, 5.74) is 2.63. The fourth-order valence-electron chi connectivity index (χ4n) is 4.03. The number of piperazine rings is 1. The van der Waals surface area contributed by atoms with E-state index in [9.17, 15) is 13.2 Å². The maximum atomic E-state index is 13.0. The summed E-state index contributed by atoms with van der Waals surface area (Å²) in [6, 6.07) is 9.91. The van der Waals surface area contributed by atoms with Crippen molar-refractivity contribution in [2.75, 3.05) is 38.0 Å². The Bertz CT molecular complexity index is 1220. The molecular formula is C22H28N6O4S. The van der Waals surface area contributed by atoms with E-state index in [1.165, 1.54) is 9.87 Å². The molecule has 10 nitrogen and oxygen atoms in total. The highest BCUT2D eigenvalue weighted by atomic mass is 32.2. The predicted octanol–water partition coefficient (Wildman–Crippen LogP) is 1.79. The number of carbonyl (C=O) groups excluding carboxylic acids is 1. The van der Waals surface area contributed by atoms with E-state index < -0.39 is 10.0 Å². The Morgan fingerprint density at radius 2 is 1.88 bits per heavy atom. The SMILES string of the molecule is Cc1cccc(Cn2nccc2NC(=O)CN2CCN(S(=O)(=O)c3c(C)noc3C)CC2)c1. The van der Waals surface area contributed by atoms with Crippen LogP contribution in [0.2, 0.25) is 0 Å². The molecule has 0 unspecified atom stereocenters. The summed E-state index contributed by atoms with van der Waals surface area (Å²) >= 11 is 0. The molecule has 0 aliphatic carbocycles. The third-order valence-corrected chi connectivity index (χ3v) is 7.81. The molecule has 2 aromatic heterocycles. The first kappa shape index (κ1) is 23.1.